The second-order valence-corrected chi connectivity index (χ2v) is 11.8. The van der Waals surface area contributed by atoms with E-state index in [1.54, 1.807) is 0 Å². The van der Waals surface area contributed by atoms with E-state index in [0.717, 1.165) is 22.3 Å². The average Bonchev–Trinajstić information content (AvgIpc) is 3.26. The van der Waals surface area contributed by atoms with Crippen LogP contribution in [0.1, 0.15) is 41.7 Å². The van der Waals surface area contributed by atoms with Gasteiger partial charge in [0.2, 0.25) is 0 Å². The van der Waals surface area contributed by atoms with Gasteiger partial charge in [0.05, 0.1) is 0 Å². The van der Waals surface area contributed by atoms with Gasteiger partial charge in [0.15, 0.2) is 17.5 Å². The van der Waals surface area contributed by atoms with Crippen molar-refractivity contribution >= 4 is 0 Å². The second kappa shape index (κ2) is 9.88. The zero-order valence-corrected chi connectivity index (χ0v) is 24.7. The van der Waals surface area contributed by atoms with E-state index in [4.69, 9.17) is 15.0 Å². The molecule has 3 nitrogen and oxygen atoms in total. The summed E-state index contributed by atoms with van der Waals surface area (Å²) >= 11 is 0. The minimum Gasteiger partial charge on any atom is -0.208 e. The van der Waals surface area contributed by atoms with E-state index in [0.29, 0.717) is 17.5 Å². The molecule has 1 aliphatic rings. The molecular formula is C39H33N3. The molecule has 0 radical (unpaired) electrons. The molecule has 0 spiro atoms. The van der Waals surface area contributed by atoms with E-state index in [1.807, 2.05) is 18.2 Å². The first-order valence-electron chi connectivity index (χ1n) is 14.6. The molecule has 1 aliphatic carbocycles. The normalized spacial score (nSPS) is 13.1. The van der Waals surface area contributed by atoms with E-state index >= 15 is 0 Å². The van der Waals surface area contributed by atoms with Gasteiger partial charge >= 0.3 is 0 Å². The summed E-state index contributed by atoms with van der Waals surface area (Å²) in [4.78, 5) is 15.3. The van der Waals surface area contributed by atoms with Crippen molar-refractivity contribution in [2.24, 2.45) is 0 Å². The Bertz CT molecular complexity index is 1990. The maximum Gasteiger partial charge on any atom is 0.164 e. The van der Waals surface area contributed by atoms with E-state index in [9.17, 15) is 0 Å². The van der Waals surface area contributed by atoms with Crippen LogP contribution in [-0.2, 0) is 5.41 Å². The first-order chi connectivity index (χ1) is 20.3. The molecular weight excluding hydrogens is 510 g/mol. The summed E-state index contributed by atoms with van der Waals surface area (Å²) in [7, 11) is 0. The van der Waals surface area contributed by atoms with Crippen molar-refractivity contribution < 1.29 is 0 Å². The van der Waals surface area contributed by atoms with Crippen LogP contribution < -0.4 is 0 Å². The Labute approximate surface area is 248 Å². The molecule has 5 aromatic carbocycles. The van der Waals surface area contributed by atoms with Crippen LogP contribution in [0.15, 0.2) is 109 Å². The maximum atomic E-state index is 5.16. The van der Waals surface area contributed by atoms with Crippen LogP contribution in [0.2, 0.25) is 0 Å². The molecule has 0 saturated carbocycles. The molecule has 42 heavy (non-hydrogen) atoms. The monoisotopic (exact) mass is 543 g/mol. The molecule has 0 atom stereocenters. The molecule has 1 aromatic heterocycles. The Kier molecular flexibility index (Phi) is 6.13. The third kappa shape index (κ3) is 4.16. The zero-order valence-electron chi connectivity index (χ0n) is 24.7. The Balaban J connectivity index is 1.44. The van der Waals surface area contributed by atoms with Crippen molar-refractivity contribution in [2.75, 3.05) is 0 Å². The molecule has 3 heteroatoms. The molecule has 1 heterocycles. The van der Waals surface area contributed by atoms with E-state index in [2.05, 4.69) is 126 Å². The topological polar surface area (TPSA) is 38.7 Å². The van der Waals surface area contributed by atoms with Gasteiger partial charge in [0.25, 0.3) is 0 Å². The molecule has 0 aliphatic heterocycles. The molecule has 0 N–H and O–H groups in total. The summed E-state index contributed by atoms with van der Waals surface area (Å²) in [6, 6.07) is 38.5. The number of hydrogen-bond donors (Lipinski definition) is 0. The fourth-order valence-electron chi connectivity index (χ4n) is 6.35. The molecule has 204 valence electrons. The molecule has 7 rings (SSSR count). The molecule has 0 unspecified atom stereocenters. The third-order valence-corrected chi connectivity index (χ3v) is 9.03. The van der Waals surface area contributed by atoms with Crippen LogP contribution in [0.5, 0.6) is 0 Å². The minimum absolute atomic E-state index is 0.104. The summed E-state index contributed by atoms with van der Waals surface area (Å²) in [6.07, 6.45) is 0. The van der Waals surface area contributed by atoms with Crippen LogP contribution in [0, 0.1) is 20.8 Å². The van der Waals surface area contributed by atoms with Gasteiger partial charge in [0.1, 0.15) is 0 Å². The van der Waals surface area contributed by atoms with Gasteiger partial charge < -0.3 is 0 Å². The van der Waals surface area contributed by atoms with Crippen molar-refractivity contribution in [2.45, 2.75) is 40.0 Å². The summed E-state index contributed by atoms with van der Waals surface area (Å²) in [5, 5.41) is 0. The van der Waals surface area contributed by atoms with Crippen LogP contribution in [0.25, 0.3) is 56.4 Å². The SMILES string of the molecule is Cc1ccc(-c2ccccc2-c2nc(-c3ccccc3)nc(-c3ccc4c(c3)C(C)(C)c3ccccc3-4)n2)c(C)c1C. The number of fused-ring (bicyclic) bond motifs is 3. The largest absolute Gasteiger partial charge is 0.208 e. The van der Waals surface area contributed by atoms with Crippen molar-refractivity contribution in [3.63, 3.8) is 0 Å². The standard InChI is InChI=1S/C39H33N3/c1-24-19-21-29(26(3)25(24)2)30-15-9-10-17-33(30)38-41-36(27-13-7-6-8-14-27)40-37(42-38)28-20-22-32-31-16-11-12-18-34(31)39(4,5)35(32)23-28/h6-23H,1-5H3. The van der Waals surface area contributed by atoms with Gasteiger partial charge in [-0.25, -0.2) is 15.0 Å². The summed E-state index contributed by atoms with van der Waals surface area (Å²) < 4.78 is 0. The highest BCUT2D eigenvalue weighted by molar-refractivity contribution is 5.85. The van der Waals surface area contributed by atoms with Gasteiger partial charge in [-0.15, -0.1) is 0 Å². The quantitative estimate of drug-likeness (QED) is 0.222. The lowest BCUT2D eigenvalue weighted by Gasteiger charge is -2.21. The third-order valence-electron chi connectivity index (χ3n) is 9.03. The van der Waals surface area contributed by atoms with Crippen molar-refractivity contribution in [1.82, 2.24) is 15.0 Å². The zero-order chi connectivity index (χ0) is 29.0. The number of hydrogen-bond acceptors (Lipinski definition) is 3. The van der Waals surface area contributed by atoms with Crippen molar-refractivity contribution in [3.8, 4) is 56.4 Å². The highest BCUT2D eigenvalue weighted by atomic mass is 15.0. The number of aromatic nitrogens is 3. The number of rotatable bonds is 4. The van der Waals surface area contributed by atoms with Gasteiger partial charge in [-0.3, -0.25) is 0 Å². The average molecular weight is 544 g/mol. The number of aryl methyl sites for hydroxylation is 1. The van der Waals surface area contributed by atoms with Crippen molar-refractivity contribution in [3.05, 3.63) is 137 Å². The van der Waals surface area contributed by atoms with Gasteiger partial charge in [-0.05, 0) is 76.9 Å². The first-order valence-corrected chi connectivity index (χ1v) is 14.6. The summed E-state index contributed by atoms with van der Waals surface area (Å²) in [5.41, 5.74) is 14.3. The Morgan fingerprint density at radius 3 is 1.76 bits per heavy atom. The van der Waals surface area contributed by atoms with Crippen LogP contribution in [0.4, 0.5) is 0 Å². The fraction of sp³-hybridized carbons (Fsp3) is 0.154. The number of benzene rings is 5. The predicted molar refractivity (Wildman–Crippen MR) is 173 cm³/mol. The Hall–Kier alpha value is -4.89. The second-order valence-electron chi connectivity index (χ2n) is 11.8. The first kappa shape index (κ1) is 26.0. The summed E-state index contributed by atoms with van der Waals surface area (Å²) in [6.45, 7) is 11.2. The van der Waals surface area contributed by atoms with Crippen LogP contribution in [0.3, 0.4) is 0 Å². The highest BCUT2D eigenvalue weighted by Crippen LogP contribution is 2.49. The van der Waals surface area contributed by atoms with Gasteiger partial charge in [-0.2, -0.15) is 0 Å². The lowest BCUT2D eigenvalue weighted by Crippen LogP contribution is -2.15. The highest BCUT2D eigenvalue weighted by Gasteiger charge is 2.35. The molecule has 0 amide bonds. The van der Waals surface area contributed by atoms with E-state index in [1.165, 1.54) is 44.5 Å². The molecule has 0 saturated heterocycles. The van der Waals surface area contributed by atoms with E-state index < -0.39 is 0 Å². The fourth-order valence-corrected chi connectivity index (χ4v) is 6.35. The smallest absolute Gasteiger partial charge is 0.164 e. The molecule has 0 fully saturated rings. The number of nitrogens with zero attached hydrogens (tertiary/aromatic N) is 3. The predicted octanol–water partition coefficient (Wildman–Crippen LogP) is 9.77. The van der Waals surface area contributed by atoms with Crippen LogP contribution in [-0.4, -0.2) is 15.0 Å². The Morgan fingerprint density at radius 2 is 1.00 bits per heavy atom. The van der Waals surface area contributed by atoms with Crippen LogP contribution >= 0.6 is 0 Å². The molecule has 0 bridgehead atoms. The van der Waals surface area contributed by atoms with E-state index in [-0.39, 0.29) is 5.41 Å². The Morgan fingerprint density at radius 1 is 0.429 bits per heavy atom. The van der Waals surface area contributed by atoms with Crippen molar-refractivity contribution in [1.29, 1.82) is 0 Å². The lowest BCUT2D eigenvalue weighted by molar-refractivity contribution is 0.660. The van der Waals surface area contributed by atoms with Gasteiger partial charge in [-0.1, -0.05) is 117 Å². The lowest BCUT2D eigenvalue weighted by atomic mass is 9.82. The maximum absolute atomic E-state index is 5.16. The molecule has 6 aromatic rings. The summed E-state index contributed by atoms with van der Waals surface area (Å²) in [5.74, 6) is 2.03. The van der Waals surface area contributed by atoms with Gasteiger partial charge in [0, 0.05) is 22.1 Å². The minimum atomic E-state index is -0.104.